The number of hydrogen-bond acceptors (Lipinski definition) is 5. The molecule has 2 aromatic rings. The first-order valence-electron chi connectivity index (χ1n) is 9.34. The molecule has 0 amide bonds. The quantitative estimate of drug-likeness (QED) is 0.253. The van der Waals surface area contributed by atoms with Crippen molar-refractivity contribution in [3.05, 3.63) is 27.7 Å². The van der Waals surface area contributed by atoms with Crippen molar-refractivity contribution in [3.63, 3.8) is 0 Å². The number of rotatable bonds is 6. The first kappa shape index (κ1) is 23.8. The van der Waals surface area contributed by atoms with Crippen molar-refractivity contribution in [1.29, 1.82) is 0 Å². The number of hydrogen-bond donors (Lipinski definition) is 2. The summed E-state index contributed by atoms with van der Waals surface area (Å²) in [5, 5.41) is 16.2. The summed E-state index contributed by atoms with van der Waals surface area (Å²) < 4.78 is 40.0. The molecule has 3 rings (SSSR count). The molecule has 0 saturated carbocycles. The van der Waals surface area contributed by atoms with Crippen LogP contribution in [0.3, 0.4) is 0 Å². The van der Waals surface area contributed by atoms with Crippen molar-refractivity contribution >= 4 is 41.3 Å². The van der Waals surface area contributed by atoms with E-state index in [-0.39, 0.29) is 30.5 Å². The fourth-order valence-electron chi connectivity index (χ4n) is 3.09. The first-order valence-corrected chi connectivity index (χ1v) is 10.2. The zero-order chi connectivity index (χ0) is 20.0. The van der Waals surface area contributed by atoms with E-state index in [1.165, 1.54) is 19.3 Å². The molecule has 2 N–H and O–H groups in total. The smallest absolute Gasteiger partial charge is 0.356 e. The van der Waals surface area contributed by atoms with Crippen molar-refractivity contribution in [2.24, 2.45) is 4.99 Å². The van der Waals surface area contributed by atoms with E-state index >= 15 is 0 Å². The van der Waals surface area contributed by atoms with Crippen LogP contribution in [0.1, 0.15) is 48.0 Å². The molecule has 1 aliphatic rings. The Hall–Kier alpha value is -1.44. The number of guanidine groups is 1. The molecule has 3 heterocycles. The van der Waals surface area contributed by atoms with Crippen LogP contribution in [0.25, 0.3) is 0 Å². The highest BCUT2D eigenvalue weighted by Gasteiger charge is 2.33. The van der Waals surface area contributed by atoms with Crippen LogP contribution in [0.2, 0.25) is 0 Å². The summed E-state index contributed by atoms with van der Waals surface area (Å²) in [5.41, 5.74) is -0.857. The highest BCUT2D eigenvalue weighted by molar-refractivity contribution is 14.0. The minimum atomic E-state index is -4.41. The van der Waals surface area contributed by atoms with E-state index in [1.54, 1.807) is 7.05 Å². The lowest BCUT2D eigenvalue weighted by Gasteiger charge is -2.11. The topological polar surface area (TPSA) is 80.0 Å². The number of fused-ring (bicyclic) bond motifs is 1. The molecule has 2 aromatic heterocycles. The molecular formula is C17H25F3IN7S. The Bertz CT molecular complexity index is 803. The molecule has 0 saturated heterocycles. The van der Waals surface area contributed by atoms with Crippen LogP contribution in [0.15, 0.2) is 10.4 Å². The number of alkyl halides is 3. The SMILES string of the molecule is CN=C(NCCCc1nnc2n1CCCCC2)NCc1nc(C(F)(F)F)cs1.I. The van der Waals surface area contributed by atoms with Gasteiger partial charge in [0.1, 0.15) is 16.7 Å². The zero-order valence-corrected chi connectivity index (χ0v) is 19.3. The zero-order valence-electron chi connectivity index (χ0n) is 16.1. The molecule has 0 spiro atoms. The average molecular weight is 543 g/mol. The molecule has 162 valence electrons. The summed E-state index contributed by atoms with van der Waals surface area (Å²) in [6.07, 6.45) is 1.83. The van der Waals surface area contributed by atoms with Crippen LogP contribution >= 0.6 is 35.3 Å². The predicted molar refractivity (Wildman–Crippen MR) is 117 cm³/mol. The van der Waals surface area contributed by atoms with Gasteiger partial charge in [0, 0.05) is 38.4 Å². The highest BCUT2D eigenvalue weighted by Crippen LogP contribution is 2.29. The maximum absolute atomic E-state index is 12.6. The Balaban J connectivity index is 0.00000300. The molecule has 29 heavy (non-hydrogen) atoms. The molecule has 0 atom stereocenters. The third kappa shape index (κ3) is 6.79. The van der Waals surface area contributed by atoms with Gasteiger partial charge in [0.25, 0.3) is 0 Å². The van der Waals surface area contributed by atoms with Gasteiger partial charge < -0.3 is 15.2 Å². The van der Waals surface area contributed by atoms with E-state index in [9.17, 15) is 13.2 Å². The van der Waals surface area contributed by atoms with Crippen LogP contribution in [0.4, 0.5) is 13.2 Å². The van der Waals surface area contributed by atoms with Crippen molar-refractivity contribution in [2.75, 3.05) is 13.6 Å². The monoisotopic (exact) mass is 543 g/mol. The number of halogens is 4. The molecule has 0 unspecified atom stereocenters. The maximum Gasteiger partial charge on any atom is 0.434 e. The Labute approximate surface area is 188 Å². The summed E-state index contributed by atoms with van der Waals surface area (Å²) in [6.45, 7) is 1.85. The second kappa shape index (κ2) is 11.1. The van der Waals surface area contributed by atoms with E-state index < -0.39 is 11.9 Å². The van der Waals surface area contributed by atoms with Gasteiger partial charge in [0.2, 0.25) is 0 Å². The molecule has 7 nitrogen and oxygen atoms in total. The average Bonchev–Trinajstić information content (AvgIpc) is 3.22. The van der Waals surface area contributed by atoms with Crippen molar-refractivity contribution in [2.45, 2.75) is 57.8 Å². The van der Waals surface area contributed by atoms with E-state index in [0.29, 0.717) is 17.5 Å². The first-order chi connectivity index (χ1) is 13.5. The Kier molecular flexibility index (Phi) is 9.11. The number of aromatic nitrogens is 4. The van der Waals surface area contributed by atoms with Gasteiger partial charge in [-0.1, -0.05) is 6.42 Å². The summed E-state index contributed by atoms with van der Waals surface area (Å²) >= 11 is 0.976. The number of thiazole rings is 1. The Morgan fingerprint density at radius 3 is 2.79 bits per heavy atom. The fraction of sp³-hybridized carbons (Fsp3) is 0.647. The molecule has 1 aliphatic heterocycles. The molecule has 0 radical (unpaired) electrons. The highest BCUT2D eigenvalue weighted by atomic mass is 127. The third-order valence-corrected chi connectivity index (χ3v) is 5.38. The van der Waals surface area contributed by atoms with Crippen LogP contribution in [0.5, 0.6) is 0 Å². The van der Waals surface area contributed by atoms with Gasteiger partial charge >= 0.3 is 6.18 Å². The van der Waals surface area contributed by atoms with Gasteiger partial charge in [-0.2, -0.15) is 13.2 Å². The normalized spacial score (nSPS) is 14.7. The molecule has 0 aliphatic carbocycles. The van der Waals surface area contributed by atoms with E-state index in [1.807, 2.05) is 0 Å². The lowest BCUT2D eigenvalue weighted by atomic mass is 10.2. The molecule has 0 bridgehead atoms. The second-order valence-corrected chi connectivity index (χ2v) is 7.52. The maximum atomic E-state index is 12.6. The minimum absolute atomic E-state index is 0. The third-order valence-electron chi connectivity index (χ3n) is 4.53. The Morgan fingerprint density at radius 2 is 2.07 bits per heavy atom. The molecule has 0 aromatic carbocycles. The summed E-state index contributed by atoms with van der Waals surface area (Å²) in [5.74, 6) is 2.63. The van der Waals surface area contributed by atoms with Gasteiger partial charge in [-0.05, 0) is 19.3 Å². The number of nitrogens with one attached hydrogen (secondary N) is 2. The van der Waals surface area contributed by atoms with Crippen molar-refractivity contribution < 1.29 is 13.2 Å². The van der Waals surface area contributed by atoms with E-state index in [4.69, 9.17) is 0 Å². The summed E-state index contributed by atoms with van der Waals surface area (Å²) in [7, 11) is 1.62. The number of aliphatic imine (C=N–C) groups is 1. The summed E-state index contributed by atoms with van der Waals surface area (Å²) in [6, 6.07) is 0. The van der Waals surface area contributed by atoms with Crippen LogP contribution in [-0.2, 0) is 32.1 Å². The minimum Gasteiger partial charge on any atom is -0.356 e. The van der Waals surface area contributed by atoms with Gasteiger partial charge in [0.15, 0.2) is 11.7 Å². The number of aryl methyl sites for hydroxylation is 2. The van der Waals surface area contributed by atoms with Gasteiger partial charge in [0.05, 0.1) is 6.54 Å². The van der Waals surface area contributed by atoms with E-state index in [2.05, 4.69) is 35.4 Å². The molecule has 12 heteroatoms. The standard InChI is InChI=1S/C17H24F3N7S.HI/c1-21-16(23-10-15-24-12(11-28-15)17(18,19)20)22-8-5-7-14-26-25-13-6-3-2-4-9-27(13)14;/h11H,2-10H2,1H3,(H2,21,22,23);1H. The molecular weight excluding hydrogens is 518 g/mol. The lowest BCUT2D eigenvalue weighted by Crippen LogP contribution is -2.37. The summed E-state index contributed by atoms with van der Waals surface area (Å²) in [4.78, 5) is 7.69. The van der Waals surface area contributed by atoms with Crippen molar-refractivity contribution in [1.82, 2.24) is 30.4 Å². The van der Waals surface area contributed by atoms with Crippen molar-refractivity contribution in [3.8, 4) is 0 Å². The lowest BCUT2D eigenvalue weighted by molar-refractivity contribution is -0.140. The van der Waals surface area contributed by atoms with Crippen LogP contribution in [0, 0.1) is 0 Å². The van der Waals surface area contributed by atoms with Gasteiger partial charge in [-0.3, -0.25) is 4.99 Å². The van der Waals surface area contributed by atoms with Crippen LogP contribution < -0.4 is 10.6 Å². The van der Waals surface area contributed by atoms with Gasteiger partial charge in [-0.25, -0.2) is 4.98 Å². The Morgan fingerprint density at radius 1 is 1.24 bits per heavy atom. The van der Waals surface area contributed by atoms with E-state index in [0.717, 1.165) is 54.2 Å². The second-order valence-electron chi connectivity index (χ2n) is 6.58. The van der Waals surface area contributed by atoms with Crippen LogP contribution in [-0.4, -0.2) is 39.3 Å². The largest absolute Gasteiger partial charge is 0.434 e. The van der Waals surface area contributed by atoms with Gasteiger partial charge in [-0.15, -0.1) is 45.5 Å². The predicted octanol–water partition coefficient (Wildman–Crippen LogP) is 3.40. The molecule has 0 fully saturated rings. The fourth-order valence-corrected chi connectivity index (χ4v) is 3.83. The number of nitrogens with zero attached hydrogens (tertiary/aromatic N) is 5.